The molecule has 0 spiro atoms. The van der Waals surface area contributed by atoms with Crippen molar-refractivity contribution in [1.82, 2.24) is 0 Å². The molecule has 1 N–H and O–H groups in total. The number of carbonyl (C=O) groups is 3. The molecule has 2 heterocycles. The highest BCUT2D eigenvalue weighted by Crippen LogP contribution is 2.50. The molecule has 2 amide bonds. The third kappa shape index (κ3) is 3.54. The quantitative estimate of drug-likeness (QED) is 0.521. The molecule has 3 atom stereocenters. The largest absolute Gasteiger partial charge is 0.493 e. The highest BCUT2D eigenvalue weighted by atomic mass is 19.1. The van der Waals surface area contributed by atoms with Crippen LogP contribution >= 0.6 is 0 Å². The Kier molecular flexibility index (Phi) is 5.81. The van der Waals surface area contributed by atoms with Gasteiger partial charge in [0, 0.05) is 0 Å². The molecule has 0 aromatic heterocycles. The fourth-order valence-electron chi connectivity index (χ4n) is 4.78. The van der Waals surface area contributed by atoms with Crippen LogP contribution in [0.1, 0.15) is 22.0 Å². The molecule has 0 bridgehead atoms. The first-order chi connectivity index (χ1) is 17.4. The minimum Gasteiger partial charge on any atom is -0.493 e. The third-order valence-electron chi connectivity index (χ3n) is 6.32. The molecule has 2 fully saturated rings. The van der Waals surface area contributed by atoms with Crippen molar-refractivity contribution < 1.29 is 38.2 Å². The van der Waals surface area contributed by atoms with Crippen LogP contribution in [-0.4, -0.2) is 43.2 Å². The van der Waals surface area contributed by atoms with E-state index in [-0.39, 0.29) is 28.3 Å². The van der Waals surface area contributed by atoms with Gasteiger partial charge in [-0.25, -0.2) is 19.1 Å². The lowest BCUT2D eigenvalue weighted by Crippen LogP contribution is -2.37. The number of rotatable bonds is 6. The van der Waals surface area contributed by atoms with Crippen LogP contribution in [0.4, 0.5) is 15.8 Å². The Labute approximate surface area is 205 Å². The Morgan fingerprint density at radius 3 is 2.22 bits per heavy atom. The van der Waals surface area contributed by atoms with Crippen molar-refractivity contribution in [2.75, 3.05) is 24.2 Å². The number of hydroxylamine groups is 1. The van der Waals surface area contributed by atoms with Crippen molar-refractivity contribution in [1.29, 1.82) is 0 Å². The van der Waals surface area contributed by atoms with E-state index in [1.165, 1.54) is 43.5 Å². The molecule has 2 aliphatic heterocycles. The lowest BCUT2D eigenvalue weighted by molar-refractivity contribution is -0.126. The second-order valence-electron chi connectivity index (χ2n) is 8.22. The SMILES string of the molecule is COc1ccc([C@@H]2[C@@H]3C(=O)N(c4ccc(F)cc4)C(=O)[C@H]3ON2c2ccccc2)c(C(=O)O)c1OC. The van der Waals surface area contributed by atoms with E-state index in [9.17, 15) is 23.9 Å². The average Bonchev–Trinajstić information content (AvgIpc) is 3.39. The number of amides is 2. The van der Waals surface area contributed by atoms with Gasteiger partial charge < -0.3 is 14.6 Å². The topological polar surface area (TPSA) is 106 Å². The van der Waals surface area contributed by atoms with E-state index in [4.69, 9.17) is 14.3 Å². The number of carboxylic acid groups (broad SMARTS) is 1. The number of imide groups is 1. The first-order valence-corrected chi connectivity index (χ1v) is 11.0. The van der Waals surface area contributed by atoms with E-state index in [0.717, 1.165) is 17.0 Å². The molecule has 3 aromatic rings. The van der Waals surface area contributed by atoms with Crippen LogP contribution in [0.25, 0.3) is 0 Å². The molecule has 5 rings (SSSR count). The fourth-order valence-corrected chi connectivity index (χ4v) is 4.78. The highest BCUT2D eigenvalue weighted by Gasteiger charge is 2.61. The van der Waals surface area contributed by atoms with Gasteiger partial charge in [-0.2, -0.15) is 0 Å². The third-order valence-corrected chi connectivity index (χ3v) is 6.32. The van der Waals surface area contributed by atoms with Crippen LogP contribution in [0.2, 0.25) is 0 Å². The standard InChI is InChI=1S/C26H21FN2O7/c1-34-18-13-12-17(19(26(32)33)22(18)35-2)21-20-23(36-29(21)16-6-4-3-5-7-16)25(31)28(24(20)30)15-10-8-14(27)9-11-15/h3-13,20-21,23H,1-2H3,(H,32,33)/t20-,21+,23-/m0/s1. The number of para-hydroxylation sites is 1. The Bertz CT molecular complexity index is 1350. The number of ether oxygens (including phenoxy) is 2. The zero-order valence-electron chi connectivity index (χ0n) is 19.3. The molecule has 9 nitrogen and oxygen atoms in total. The summed E-state index contributed by atoms with van der Waals surface area (Å²) in [6, 6.07) is 15.8. The van der Waals surface area contributed by atoms with Crippen molar-refractivity contribution in [2.45, 2.75) is 12.1 Å². The maximum atomic E-state index is 13.7. The van der Waals surface area contributed by atoms with Gasteiger partial charge in [0.15, 0.2) is 17.6 Å². The number of hydrogen-bond donors (Lipinski definition) is 1. The molecule has 2 aliphatic rings. The van der Waals surface area contributed by atoms with Gasteiger partial charge in [0.2, 0.25) is 5.91 Å². The summed E-state index contributed by atoms with van der Waals surface area (Å²) >= 11 is 0. The smallest absolute Gasteiger partial charge is 0.339 e. The second kappa shape index (κ2) is 8.97. The van der Waals surface area contributed by atoms with Crippen LogP contribution in [0.15, 0.2) is 66.7 Å². The summed E-state index contributed by atoms with van der Waals surface area (Å²) in [6.45, 7) is 0. The summed E-state index contributed by atoms with van der Waals surface area (Å²) in [5.74, 6) is -3.95. The summed E-state index contributed by atoms with van der Waals surface area (Å²) in [6.07, 6.45) is -1.22. The summed E-state index contributed by atoms with van der Waals surface area (Å²) in [5.41, 5.74) is 0.711. The number of carboxylic acids is 1. The van der Waals surface area contributed by atoms with Gasteiger partial charge in [0.25, 0.3) is 5.91 Å². The molecule has 184 valence electrons. The van der Waals surface area contributed by atoms with E-state index in [0.29, 0.717) is 5.69 Å². The molecule has 3 aromatic carbocycles. The molecule has 0 aliphatic carbocycles. The minimum absolute atomic E-state index is 0.0221. The predicted octanol–water partition coefficient (Wildman–Crippen LogP) is 3.59. The number of fused-ring (bicyclic) bond motifs is 1. The number of aromatic carboxylic acids is 1. The number of hydrogen-bond acceptors (Lipinski definition) is 7. The van der Waals surface area contributed by atoms with Gasteiger partial charge in [0.05, 0.1) is 31.6 Å². The zero-order chi connectivity index (χ0) is 25.6. The summed E-state index contributed by atoms with van der Waals surface area (Å²) in [7, 11) is 2.70. The van der Waals surface area contributed by atoms with Crippen LogP contribution < -0.4 is 19.4 Å². The molecule has 0 saturated carbocycles. The maximum Gasteiger partial charge on any atom is 0.339 e. The molecule has 2 saturated heterocycles. The number of methoxy groups -OCH3 is 2. The molecule has 0 radical (unpaired) electrons. The van der Waals surface area contributed by atoms with E-state index in [2.05, 4.69) is 0 Å². The van der Waals surface area contributed by atoms with Crippen molar-refractivity contribution in [3.05, 3.63) is 83.7 Å². The lowest BCUT2D eigenvalue weighted by atomic mass is 9.87. The van der Waals surface area contributed by atoms with Crippen molar-refractivity contribution in [3.63, 3.8) is 0 Å². The van der Waals surface area contributed by atoms with E-state index in [1.54, 1.807) is 30.3 Å². The van der Waals surface area contributed by atoms with E-state index >= 15 is 0 Å². The summed E-state index contributed by atoms with van der Waals surface area (Å²) in [5, 5.41) is 11.5. The molecule has 0 unspecified atom stereocenters. The molecular formula is C26H21FN2O7. The average molecular weight is 492 g/mol. The number of nitrogens with zero attached hydrogens (tertiary/aromatic N) is 2. The fraction of sp³-hybridized carbons (Fsp3) is 0.192. The first-order valence-electron chi connectivity index (χ1n) is 11.0. The second-order valence-corrected chi connectivity index (χ2v) is 8.22. The van der Waals surface area contributed by atoms with Crippen LogP contribution in [0.3, 0.4) is 0 Å². The molecule has 36 heavy (non-hydrogen) atoms. The van der Waals surface area contributed by atoms with Crippen molar-refractivity contribution in [3.8, 4) is 11.5 Å². The molecule has 10 heteroatoms. The Morgan fingerprint density at radius 2 is 1.61 bits per heavy atom. The van der Waals surface area contributed by atoms with Gasteiger partial charge in [-0.3, -0.25) is 14.4 Å². The van der Waals surface area contributed by atoms with E-state index in [1.807, 2.05) is 0 Å². The number of carbonyl (C=O) groups excluding carboxylic acids is 2. The number of anilines is 2. The Balaban J connectivity index is 1.68. The van der Waals surface area contributed by atoms with Gasteiger partial charge >= 0.3 is 5.97 Å². The predicted molar refractivity (Wildman–Crippen MR) is 125 cm³/mol. The summed E-state index contributed by atoms with van der Waals surface area (Å²) < 4.78 is 24.1. The van der Waals surface area contributed by atoms with Gasteiger partial charge in [-0.1, -0.05) is 24.3 Å². The van der Waals surface area contributed by atoms with E-state index < -0.39 is 41.7 Å². The number of halogens is 1. The Hall–Kier alpha value is -4.44. The van der Waals surface area contributed by atoms with Gasteiger partial charge in [-0.05, 0) is 48.0 Å². The summed E-state index contributed by atoms with van der Waals surface area (Å²) in [4.78, 5) is 46.5. The van der Waals surface area contributed by atoms with Crippen molar-refractivity contribution in [2.24, 2.45) is 5.92 Å². The zero-order valence-corrected chi connectivity index (χ0v) is 19.3. The Morgan fingerprint density at radius 1 is 0.917 bits per heavy atom. The minimum atomic E-state index is -1.30. The van der Waals surface area contributed by atoms with Crippen LogP contribution in [0, 0.1) is 11.7 Å². The first kappa shape index (κ1) is 23.3. The van der Waals surface area contributed by atoms with Crippen LogP contribution in [-0.2, 0) is 14.4 Å². The monoisotopic (exact) mass is 492 g/mol. The maximum absolute atomic E-state index is 13.7. The van der Waals surface area contributed by atoms with Crippen molar-refractivity contribution >= 4 is 29.2 Å². The normalized spacial score (nSPS) is 21.0. The van der Waals surface area contributed by atoms with Gasteiger partial charge in [0.1, 0.15) is 17.3 Å². The molecular weight excluding hydrogens is 471 g/mol. The van der Waals surface area contributed by atoms with Gasteiger partial charge in [-0.15, -0.1) is 0 Å². The highest BCUT2D eigenvalue weighted by molar-refractivity contribution is 6.24. The lowest BCUT2D eigenvalue weighted by Gasteiger charge is -2.30. The number of benzene rings is 3. The van der Waals surface area contributed by atoms with Crippen LogP contribution in [0.5, 0.6) is 11.5 Å².